The van der Waals surface area contributed by atoms with E-state index in [1.54, 1.807) is 0 Å². The van der Waals surface area contributed by atoms with Crippen LogP contribution in [-0.4, -0.2) is 9.97 Å². The molecule has 0 saturated carbocycles. The number of rotatable bonds is 3. The van der Waals surface area contributed by atoms with E-state index in [4.69, 9.17) is 11.6 Å². The lowest BCUT2D eigenvalue weighted by Gasteiger charge is -2.19. The highest BCUT2D eigenvalue weighted by atomic mass is 79.9. The van der Waals surface area contributed by atoms with Crippen molar-refractivity contribution in [3.8, 4) is 0 Å². The molecular weight excluding hydrogens is 350 g/mol. The molecule has 2 rings (SSSR count). The molecule has 112 valence electrons. The molecule has 0 radical (unpaired) electrons. The highest BCUT2D eigenvalue weighted by molar-refractivity contribution is 9.10. The van der Waals surface area contributed by atoms with Crippen LogP contribution in [0.5, 0.6) is 0 Å². The van der Waals surface area contributed by atoms with Crippen LogP contribution in [-0.2, 0) is 12.0 Å². The molecule has 0 aliphatic carbocycles. The first-order valence-corrected chi connectivity index (χ1v) is 7.97. The third-order valence-electron chi connectivity index (χ3n) is 3.11. The molecule has 3 nitrogen and oxygen atoms in total. The van der Waals surface area contributed by atoms with Crippen molar-refractivity contribution in [3.05, 3.63) is 50.8 Å². The Bertz CT molecular complexity index is 650. The summed E-state index contributed by atoms with van der Waals surface area (Å²) in [4.78, 5) is 9.00. The maximum Gasteiger partial charge on any atom is 0.137 e. The summed E-state index contributed by atoms with van der Waals surface area (Å²) < 4.78 is 1.06. The molecule has 1 heterocycles. The van der Waals surface area contributed by atoms with E-state index in [2.05, 4.69) is 64.1 Å². The van der Waals surface area contributed by atoms with Gasteiger partial charge in [0.25, 0.3) is 0 Å². The second-order valence-corrected chi connectivity index (χ2v) is 7.32. The number of hydrogen-bond donors (Lipinski definition) is 1. The number of hydrogen-bond acceptors (Lipinski definition) is 3. The fraction of sp³-hybridized carbons (Fsp3) is 0.375. The molecule has 0 unspecified atom stereocenters. The van der Waals surface area contributed by atoms with Crippen LogP contribution in [0.15, 0.2) is 28.7 Å². The van der Waals surface area contributed by atoms with Crippen LogP contribution in [0.1, 0.15) is 37.7 Å². The molecule has 0 fully saturated rings. The van der Waals surface area contributed by atoms with E-state index in [9.17, 15) is 0 Å². The summed E-state index contributed by atoms with van der Waals surface area (Å²) in [5.74, 6) is 1.54. The molecular formula is C16H19BrClN3. The normalized spacial score (nSPS) is 11.5. The fourth-order valence-corrected chi connectivity index (χ4v) is 2.45. The van der Waals surface area contributed by atoms with E-state index in [-0.39, 0.29) is 5.41 Å². The van der Waals surface area contributed by atoms with Crippen molar-refractivity contribution in [2.45, 2.75) is 39.7 Å². The van der Waals surface area contributed by atoms with Crippen molar-refractivity contribution >= 4 is 33.3 Å². The molecule has 0 amide bonds. The van der Waals surface area contributed by atoms with Gasteiger partial charge < -0.3 is 5.32 Å². The van der Waals surface area contributed by atoms with Crippen molar-refractivity contribution in [1.82, 2.24) is 9.97 Å². The molecule has 0 saturated heterocycles. The van der Waals surface area contributed by atoms with Gasteiger partial charge in [-0.25, -0.2) is 9.97 Å². The van der Waals surface area contributed by atoms with E-state index in [0.29, 0.717) is 11.7 Å². The monoisotopic (exact) mass is 367 g/mol. The SMILES string of the molecule is Cc1c(Cl)nc(C(C)(C)C)nc1NCc1cccc(Br)c1. The van der Waals surface area contributed by atoms with E-state index < -0.39 is 0 Å². The summed E-state index contributed by atoms with van der Waals surface area (Å²) in [5.41, 5.74) is 1.92. The van der Waals surface area contributed by atoms with Gasteiger partial charge in [-0.1, -0.05) is 60.4 Å². The molecule has 0 aliphatic rings. The van der Waals surface area contributed by atoms with E-state index in [1.807, 2.05) is 19.1 Å². The third kappa shape index (κ3) is 4.17. The lowest BCUT2D eigenvalue weighted by molar-refractivity contribution is 0.545. The van der Waals surface area contributed by atoms with Gasteiger partial charge in [0, 0.05) is 22.0 Å². The minimum atomic E-state index is -0.135. The molecule has 1 N–H and O–H groups in total. The second-order valence-electron chi connectivity index (χ2n) is 6.05. The maximum atomic E-state index is 6.23. The fourth-order valence-electron chi connectivity index (χ4n) is 1.83. The summed E-state index contributed by atoms with van der Waals surface area (Å²) in [6, 6.07) is 8.17. The Morgan fingerprint density at radius 3 is 2.57 bits per heavy atom. The van der Waals surface area contributed by atoms with Gasteiger partial charge in [0.1, 0.15) is 16.8 Å². The Kier molecular flexibility index (Phi) is 4.89. The summed E-state index contributed by atoms with van der Waals surface area (Å²) in [6.07, 6.45) is 0. The average Bonchev–Trinajstić information content (AvgIpc) is 2.39. The minimum absolute atomic E-state index is 0.135. The van der Waals surface area contributed by atoms with Crippen molar-refractivity contribution < 1.29 is 0 Å². The van der Waals surface area contributed by atoms with Crippen LogP contribution in [0.25, 0.3) is 0 Å². The van der Waals surface area contributed by atoms with Gasteiger partial charge in [0.2, 0.25) is 0 Å². The standard InChI is InChI=1S/C16H19BrClN3/c1-10-13(18)20-15(16(2,3)4)21-14(10)19-9-11-6-5-7-12(17)8-11/h5-8H,9H2,1-4H3,(H,19,20,21). The van der Waals surface area contributed by atoms with Crippen molar-refractivity contribution in [2.75, 3.05) is 5.32 Å². The smallest absolute Gasteiger partial charge is 0.137 e. The largest absolute Gasteiger partial charge is 0.366 e. The molecule has 0 bridgehead atoms. The molecule has 1 aromatic carbocycles. The molecule has 0 spiro atoms. The Hall–Kier alpha value is -1.13. The zero-order valence-corrected chi connectivity index (χ0v) is 15.0. The molecule has 1 aromatic heterocycles. The number of aromatic nitrogens is 2. The number of benzene rings is 1. The van der Waals surface area contributed by atoms with Crippen LogP contribution < -0.4 is 5.32 Å². The first kappa shape index (κ1) is 16.2. The van der Waals surface area contributed by atoms with Crippen molar-refractivity contribution in [2.24, 2.45) is 0 Å². The van der Waals surface area contributed by atoms with Crippen LogP contribution in [0.4, 0.5) is 5.82 Å². The van der Waals surface area contributed by atoms with Crippen LogP contribution in [0.2, 0.25) is 5.15 Å². The Morgan fingerprint density at radius 1 is 1.24 bits per heavy atom. The van der Waals surface area contributed by atoms with E-state index >= 15 is 0 Å². The Labute approximate surface area is 139 Å². The zero-order valence-electron chi connectivity index (χ0n) is 12.7. The van der Waals surface area contributed by atoms with Crippen LogP contribution in [0, 0.1) is 6.92 Å². The number of anilines is 1. The van der Waals surface area contributed by atoms with E-state index in [1.165, 1.54) is 5.56 Å². The molecule has 0 atom stereocenters. The summed E-state index contributed by atoms with van der Waals surface area (Å²) in [5, 5.41) is 3.86. The average molecular weight is 369 g/mol. The topological polar surface area (TPSA) is 37.8 Å². The highest BCUT2D eigenvalue weighted by Gasteiger charge is 2.20. The van der Waals surface area contributed by atoms with E-state index in [0.717, 1.165) is 21.7 Å². The Morgan fingerprint density at radius 2 is 1.95 bits per heavy atom. The highest BCUT2D eigenvalue weighted by Crippen LogP contribution is 2.26. The van der Waals surface area contributed by atoms with Gasteiger partial charge in [-0.3, -0.25) is 0 Å². The molecule has 0 aliphatic heterocycles. The van der Waals surface area contributed by atoms with Crippen molar-refractivity contribution in [1.29, 1.82) is 0 Å². The molecule has 2 aromatic rings. The van der Waals surface area contributed by atoms with Gasteiger partial charge in [-0.2, -0.15) is 0 Å². The summed E-state index contributed by atoms with van der Waals surface area (Å²) >= 11 is 9.71. The van der Waals surface area contributed by atoms with Crippen LogP contribution in [0.3, 0.4) is 0 Å². The summed E-state index contributed by atoms with van der Waals surface area (Å²) in [6.45, 7) is 8.85. The van der Waals surface area contributed by atoms with Gasteiger partial charge in [0.05, 0.1) is 0 Å². The van der Waals surface area contributed by atoms with Crippen LogP contribution >= 0.6 is 27.5 Å². The van der Waals surface area contributed by atoms with Gasteiger partial charge in [-0.05, 0) is 24.6 Å². The van der Waals surface area contributed by atoms with Gasteiger partial charge >= 0.3 is 0 Å². The maximum absolute atomic E-state index is 6.23. The van der Waals surface area contributed by atoms with Gasteiger partial charge in [-0.15, -0.1) is 0 Å². The van der Waals surface area contributed by atoms with Gasteiger partial charge in [0.15, 0.2) is 0 Å². The lowest BCUT2D eigenvalue weighted by atomic mass is 9.95. The third-order valence-corrected chi connectivity index (χ3v) is 3.97. The molecule has 5 heteroatoms. The quantitative estimate of drug-likeness (QED) is 0.765. The molecule has 21 heavy (non-hydrogen) atoms. The minimum Gasteiger partial charge on any atom is -0.366 e. The lowest BCUT2D eigenvalue weighted by Crippen LogP contribution is -2.18. The first-order valence-electron chi connectivity index (χ1n) is 6.80. The predicted molar refractivity (Wildman–Crippen MR) is 91.9 cm³/mol. The summed E-state index contributed by atoms with van der Waals surface area (Å²) in [7, 11) is 0. The zero-order chi connectivity index (χ0) is 15.6. The number of nitrogens with zero attached hydrogens (tertiary/aromatic N) is 2. The Balaban J connectivity index is 2.25. The number of halogens is 2. The second kappa shape index (κ2) is 6.32. The number of nitrogens with one attached hydrogen (secondary N) is 1. The predicted octanol–water partition coefficient (Wildman–Crippen LogP) is 5.11. The first-order chi connectivity index (χ1) is 9.77. The van der Waals surface area contributed by atoms with Crippen molar-refractivity contribution in [3.63, 3.8) is 0 Å².